The van der Waals surface area contributed by atoms with E-state index in [9.17, 15) is 9.59 Å². The van der Waals surface area contributed by atoms with Gasteiger partial charge in [0.1, 0.15) is 6.04 Å². The summed E-state index contributed by atoms with van der Waals surface area (Å²) in [4.78, 5) is 22.6. The molecular formula is C10H13ClN2O3S. The van der Waals surface area contributed by atoms with Gasteiger partial charge in [-0.2, -0.15) is 0 Å². The fraction of sp³-hybridized carbons (Fsp3) is 0.400. The Morgan fingerprint density at radius 1 is 1.53 bits per heavy atom. The first-order valence-electron chi connectivity index (χ1n) is 4.94. The molecule has 0 bridgehead atoms. The molecule has 0 spiro atoms. The maximum Gasteiger partial charge on any atom is 0.327 e. The zero-order valence-electron chi connectivity index (χ0n) is 9.20. The van der Waals surface area contributed by atoms with Crippen molar-refractivity contribution < 1.29 is 14.7 Å². The molecule has 7 heteroatoms. The fourth-order valence-corrected chi connectivity index (χ4v) is 2.29. The Morgan fingerprint density at radius 2 is 2.24 bits per heavy atom. The SMILES string of the molecule is CC(=O)NC(CNCc1ccc(Cl)s1)C(=O)O. The molecule has 1 rings (SSSR count). The van der Waals surface area contributed by atoms with Crippen LogP contribution in [-0.2, 0) is 16.1 Å². The zero-order chi connectivity index (χ0) is 12.8. The molecule has 5 nitrogen and oxygen atoms in total. The minimum absolute atomic E-state index is 0.171. The molecule has 94 valence electrons. The predicted molar refractivity (Wildman–Crippen MR) is 66.3 cm³/mol. The predicted octanol–water partition coefficient (Wildman–Crippen LogP) is 1.08. The number of hydrogen-bond donors (Lipinski definition) is 3. The molecule has 17 heavy (non-hydrogen) atoms. The number of hydrogen-bond acceptors (Lipinski definition) is 4. The molecule has 0 radical (unpaired) electrons. The number of carboxylic acid groups (broad SMARTS) is 1. The molecule has 0 fully saturated rings. The molecule has 0 aromatic carbocycles. The molecule has 0 aliphatic rings. The van der Waals surface area contributed by atoms with E-state index >= 15 is 0 Å². The van der Waals surface area contributed by atoms with Crippen LogP contribution in [0.5, 0.6) is 0 Å². The molecule has 0 aliphatic carbocycles. The number of carbonyl (C=O) groups excluding carboxylic acids is 1. The van der Waals surface area contributed by atoms with Gasteiger partial charge in [0, 0.05) is 24.9 Å². The van der Waals surface area contributed by atoms with Gasteiger partial charge in [0.15, 0.2) is 0 Å². The highest BCUT2D eigenvalue weighted by atomic mass is 35.5. The Hall–Kier alpha value is -1.11. The third-order valence-electron chi connectivity index (χ3n) is 1.95. The maximum atomic E-state index is 10.8. The number of rotatable bonds is 6. The minimum atomic E-state index is -1.06. The van der Waals surface area contributed by atoms with E-state index in [2.05, 4.69) is 10.6 Å². The Kier molecular flexibility index (Phi) is 5.40. The van der Waals surface area contributed by atoms with Crippen molar-refractivity contribution in [2.75, 3.05) is 6.54 Å². The number of thiophene rings is 1. The molecule has 0 saturated carbocycles. The van der Waals surface area contributed by atoms with E-state index in [4.69, 9.17) is 16.7 Å². The molecule has 1 amide bonds. The van der Waals surface area contributed by atoms with Crippen LogP contribution in [-0.4, -0.2) is 29.6 Å². The number of nitrogens with one attached hydrogen (secondary N) is 2. The third-order valence-corrected chi connectivity index (χ3v) is 3.18. The van der Waals surface area contributed by atoms with Crippen molar-refractivity contribution >= 4 is 34.8 Å². The molecule has 3 N–H and O–H groups in total. The van der Waals surface area contributed by atoms with E-state index in [1.165, 1.54) is 18.3 Å². The van der Waals surface area contributed by atoms with E-state index in [1.54, 1.807) is 6.07 Å². The molecule has 1 aromatic heterocycles. The smallest absolute Gasteiger partial charge is 0.327 e. The van der Waals surface area contributed by atoms with E-state index in [1.807, 2.05) is 6.07 Å². The van der Waals surface area contributed by atoms with Crippen molar-refractivity contribution in [1.29, 1.82) is 0 Å². The number of carbonyl (C=O) groups is 2. The Bertz CT molecular complexity index is 408. The lowest BCUT2D eigenvalue weighted by molar-refractivity contribution is -0.141. The largest absolute Gasteiger partial charge is 0.480 e. The monoisotopic (exact) mass is 276 g/mol. The fourth-order valence-electron chi connectivity index (χ4n) is 1.23. The van der Waals surface area contributed by atoms with Crippen molar-refractivity contribution in [3.8, 4) is 0 Å². The van der Waals surface area contributed by atoms with Crippen LogP contribution >= 0.6 is 22.9 Å². The van der Waals surface area contributed by atoms with E-state index < -0.39 is 12.0 Å². The van der Waals surface area contributed by atoms with Gasteiger partial charge in [-0.05, 0) is 12.1 Å². The second-order valence-electron chi connectivity index (χ2n) is 3.43. The molecule has 1 unspecified atom stereocenters. The molecule has 1 heterocycles. The highest BCUT2D eigenvalue weighted by molar-refractivity contribution is 7.16. The van der Waals surface area contributed by atoms with Crippen LogP contribution in [0.4, 0.5) is 0 Å². The quantitative estimate of drug-likeness (QED) is 0.727. The topological polar surface area (TPSA) is 78.4 Å². The van der Waals surface area contributed by atoms with Crippen molar-refractivity contribution in [2.24, 2.45) is 0 Å². The van der Waals surface area contributed by atoms with Crippen LogP contribution < -0.4 is 10.6 Å². The van der Waals surface area contributed by atoms with Gasteiger partial charge in [0.2, 0.25) is 5.91 Å². The summed E-state index contributed by atoms with van der Waals surface area (Å²) in [5, 5.41) is 14.2. The van der Waals surface area contributed by atoms with Gasteiger partial charge in [-0.25, -0.2) is 4.79 Å². The van der Waals surface area contributed by atoms with Gasteiger partial charge < -0.3 is 15.7 Å². The Balaban J connectivity index is 2.37. The summed E-state index contributed by atoms with van der Waals surface area (Å²) in [6, 6.07) is 2.74. The van der Waals surface area contributed by atoms with Crippen LogP contribution in [0.15, 0.2) is 12.1 Å². The van der Waals surface area contributed by atoms with Crippen LogP contribution in [0.1, 0.15) is 11.8 Å². The Labute approximate surface area is 108 Å². The summed E-state index contributed by atoms with van der Waals surface area (Å²) < 4.78 is 0.693. The van der Waals surface area contributed by atoms with Gasteiger partial charge in [-0.3, -0.25) is 4.79 Å². The van der Waals surface area contributed by atoms with Crippen molar-refractivity contribution in [1.82, 2.24) is 10.6 Å². The van der Waals surface area contributed by atoms with Gasteiger partial charge in [-0.15, -0.1) is 11.3 Å². The number of halogens is 1. The molecule has 0 saturated heterocycles. The molecule has 0 aliphatic heterocycles. The highest BCUT2D eigenvalue weighted by Crippen LogP contribution is 2.20. The highest BCUT2D eigenvalue weighted by Gasteiger charge is 2.17. The van der Waals surface area contributed by atoms with Crippen molar-refractivity contribution in [3.63, 3.8) is 0 Å². The number of carboxylic acids is 1. The van der Waals surface area contributed by atoms with Crippen LogP contribution in [0.3, 0.4) is 0 Å². The summed E-state index contributed by atoms with van der Waals surface area (Å²) in [7, 11) is 0. The lowest BCUT2D eigenvalue weighted by atomic mass is 10.3. The van der Waals surface area contributed by atoms with E-state index in [-0.39, 0.29) is 12.5 Å². The molecule has 1 aromatic rings. The summed E-state index contributed by atoms with van der Waals surface area (Å²) >= 11 is 7.19. The maximum absolute atomic E-state index is 10.8. The lowest BCUT2D eigenvalue weighted by Crippen LogP contribution is -2.46. The van der Waals surface area contributed by atoms with Crippen LogP contribution in [0.25, 0.3) is 0 Å². The standard InChI is InChI=1S/C10H13ClN2O3S/c1-6(14)13-8(10(15)16)5-12-4-7-2-3-9(11)17-7/h2-3,8,12H,4-5H2,1H3,(H,13,14)(H,15,16). The summed E-state index contributed by atoms with van der Waals surface area (Å²) in [6.07, 6.45) is 0. The van der Waals surface area contributed by atoms with E-state index in [0.717, 1.165) is 4.88 Å². The zero-order valence-corrected chi connectivity index (χ0v) is 10.8. The molecular weight excluding hydrogens is 264 g/mol. The third kappa shape index (κ3) is 5.16. The van der Waals surface area contributed by atoms with Crippen molar-refractivity contribution in [3.05, 3.63) is 21.3 Å². The second kappa shape index (κ2) is 6.58. The average Bonchev–Trinajstić information content (AvgIpc) is 2.62. The first-order valence-corrected chi connectivity index (χ1v) is 6.13. The van der Waals surface area contributed by atoms with Gasteiger partial charge in [-0.1, -0.05) is 11.6 Å². The molecule has 1 atom stereocenters. The number of aliphatic carboxylic acids is 1. The normalized spacial score (nSPS) is 12.1. The van der Waals surface area contributed by atoms with Gasteiger partial charge in [0.05, 0.1) is 4.34 Å². The van der Waals surface area contributed by atoms with Crippen molar-refractivity contribution in [2.45, 2.75) is 19.5 Å². The first kappa shape index (κ1) is 14.0. The summed E-state index contributed by atoms with van der Waals surface area (Å²) in [5.74, 6) is -1.42. The van der Waals surface area contributed by atoms with Gasteiger partial charge >= 0.3 is 5.97 Å². The minimum Gasteiger partial charge on any atom is -0.480 e. The first-order chi connectivity index (χ1) is 7.99. The average molecular weight is 277 g/mol. The Morgan fingerprint density at radius 3 is 2.71 bits per heavy atom. The second-order valence-corrected chi connectivity index (χ2v) is 5.23. The van der Waals surface area contributed by atoms with Gasteiger partial charge in [0.25, 0.3) is 0 Å². The van der Waals surface area contributed by atoms with Crippen LogP contribution in [0, 0.1) is 0 Å². The number of amides is 1. The van der Waals surface area contributed by atoms with E-state index in [0.29, 0.717) is 10.9 Å². The summed E-state index contributed by atoms with van der Waals surface area (Å²) in [6.45, 7) is 1.99. The lowest BCUT2D eigenvalue weighted by Gasteiger charge is -2.13. The van der Waals surface area contributed by atoms with Crippen LogP contribution in [0.2, 0.25) is 4.34 Å². The summed E-state index contributed by atoms with van der Waals surface area (Å²) in [5.41, 5.74) is 0.